The van der Waals surface area contributed by atoms with Gasteiger partial charge in [0.25, 0.3) is 21.2 Å². The second-order valence-electron chi connectivity index (χ2n) is 12.5. The van der Waals surface area contributed by atoms with E-state index in [0.29, 0.717) is 5.69 Å². The van der Waals surface area contributed by atoms with Gasteiger partial charge in [0.15, 0.2) is 29.2 Å². The molecule has 0 amide bonds. The van der Waals surface area contributed by atoms with E-state index >= 15 is 0 Å². The van der Waals surface area contributed by atoms with Gasteiger partial charge < -0.3 is 69.4 Å². The standard InChI is InChI=1S/C28H36N10O15P2/c1-11-4-12-14(5-13(11)36(2)3)37(25-19(33-12)26(44)35-28(45)34-25)6-15(39)20(41)16(40)7-50-54(46,47)53-55(48,49)51-8-17-21(42)22(43)27(52-17)38-10-32-18-23(29)30-9-31-24(18)38/h4-5,9-10,15-17,20-22,27,39-43H,6-8H2,1-3H3,(H,46,47)(H,48,49)(H2,29,30,31)(H,35,44,45)/p-3/t15-,16+,17+,20-,21+,22+,27+/m0/s1. The molecule has 0 saturated carbocycles. The van der Waals surface area contributed by atoms with E-state index in [1.807, 2.05) is 0 Å². The Balaban J connectivity index is 1.09. The number of aryl methyl sites for hydroxylation is 1. The average molecular weight is 812 g/mol. The van der Waals surface area contributed by atoms with E-state index in [9.17, 15) is 54.4 Å². The average Bonchev–Trinajstić information content (AvgIpc) is 3.66. The molecule has 1 saturated heterocycles. The molecule has 3 aromatic rings. The Morgan fingerprint density at radius 3 is 2.44 bits per heavy atom. The maximum Gasteiger partial charge on any atom is 0.300 e. The number of phosphoric acid groups is 2. The number of phosphoric ester groups is 2. The molecule has 0 radical (unpaired) electrons. The molecule has 7 N–H and O–H groups in total. The van der Waals surface area contributed by atoms with Gasteiger partial charge in [-0.25, -0.2) is 34.2 Å². The first-order valence-corrected chi connectivity index (χ1v) is 18.9. The summed E-state index contributed by atoms with van der Waals surface area (Å²) >= 11 is 0. The summed E-state index contributed by atoms with van der Waals surface area (Å²) in [5, 5.41) is 65.2. The Hall–Kier alpha value is -4.33. The number of imidazole rings is 1. The van der Waals surface area contributed by atoms with Crippen molar-refractivity contribution in [2.75, 3.05) is 37.9 Å². The summed E-state index contributed by atoms with van der Waals surface area (Å²) < 4.78 is 45.8. The number of benzene rings is 1. The molecule has 27 heteroatoms. The van der Waals surface area contributed by atoms with Crippen molar-refractivity contribution < 1.29 is 67.7 Å². The first-order chi connectivity index (χ1) is 25.8. The normalized spacial score (nSPS) is 22.8. The van der Waals surface area contributed by atoms with E-state index in [1.54, 1.807) is 38.1 Å². The van der Waals surface area contributed by atoms with Crippen molar-refractivity contribution in [2.24, 2.45) is 0 Å². The molecule has 1 aromatic carbocycles. The number of ether oxygens (including phenoxy) is 1. The SMILES string of the molecule is Cc1cc2nc3c(=O)nc([O-])nc-3n(C[C@H](O)[C@H](O)[C@H](O)COP(=O)([O-])OP(=O)([O-])OC[C@H]3O[C@@H](n4cnc5c(N)ncnc54)[C@H](O)[C@@H]3O)c2cc1N(C)C. The van der Waals surface area contributed by atoms with Crippen LogP contribution >= 0.6 is 15.6 Å². The molecule has 0 spiro atoms. The maximum absolute atomic E-state index is 12.5. The minimum atomic E-state index is -5.87. The van der Waals surface area contributed by atoms with Crippen LogP contribution in [-0.4, -0.2) is 129 Å². The van der Waals surface area contributed by atoms with Crippen LogP contribution in [-0.2, 0) is 33.8 Å². The highest BCUT2D eigenvalue weighted by atomic mass is 31.3. The fraction of sp³-hybridized carbons (Fsp3) is 0.464. The van der Waals surface area contributed by atoms with Gasteiger partial charge in [-0.1, -0.05) is 0 Å². The van der Waals surface area contributed by atoms with E-state index in [2.05, 4.69) is 43.3 Å². The van der Waals surface area contributed by atoms with Crippen LogP contribution in [0.25, 0.3) is 33.7 Å². The van der Waals surface area contributed by atoms with Crippen LogP contribution in [0.3, 0.4) is 0 Å². The molecule has 3 aliphatic heterocycles. The molecule has 9 atom stereocenters. The molecule has 0 aliphatic carbocycles. The summed E-state index contributed by atoms with van der Waals surface area (Å²) in [6.45, 7) is -1.25. The maximum atomic E-state index is 12.5. The topological polar surface area (TPSA) is 375 Å². The number of rotatable bonds is 14. The molecule has 298 valence electrons. The van der Waals surface area contributed by atoms with Crippen LogP contribution in [0.15, 0.2) is 29.6 Å². The number of aliphatic hydroxyl groups is 5. The minimum absolute atomic E-state index is 0.0130. The van der Waals surface area contributed by atoms with Crippen molar-refractivity contribution in [1.82, 2.24) is 39.0 Å². The number of aliphatic hydroxyl groups excluding tert-OH is 5. The predicted molar refractivity (Wildman–Crippen MR) is 179 cm³/mol. The molecule has 55 heavy (non-hydrogen) atoms. The van der Waals surface area contributed by atoms with Gasteiger partial charge in [0.2, 0.25) is 0 Å². The Kier molecular flexibility index (Phi) is 11.2. The first-order valence-electron chi connectivity index (χ1n) is 16.0. The van der Waals surface area contributed by atoms with Crippen molar-refractivity contribution in [2.45, 2.75) is 56.3 Å². The van der Waals surface area contributed by atoms with Crippen LogP contribution in [0.4, 0.5) is 11.5 Å². The van der Waals surface area contributed by atoms with E-state index in [-0.39, 0.29) is 39.5 Å². The van der Waals surface area contributed by atoms with Crippen molar-refractivity contribution in [3.8, 4) is 17.5 Å². The van der Waals surface area contributed by atoms with Crippen LogP contribution in [0, 0.1) is 6.92 Å². The van der Waals surface area contributed by atoms with E-state index in [1.165, 1.54) is 15.5 Å². The lowest BCUT2D eigenvalue weighted by Gasteiger charge is -2.32. The molecule has 2 unspecified atom stereocenters. The van der Waals surface area contributed by atoms with E-state index in [4.69, 9.17) is 10.5 Å². The fourth-order valence-corrected chi connectivity index (χ4v) is 7.89. The van der Waals surface area contributed by atoms with Gasteiger partial charge >= 0.3 is 0 Å². The van der Waals surface area contributed by atoms with Gasteiger partial charge in [-0.2, -0.15) is 0 Å². The molecule has 25 nitrogen and oxygen atoms in total. The van der Waals surface area contributed by atoms with Gasteiger partial charge in [-0.3, -0.25) is 18.5 Å². The molecule has 5 heterocycles. The summed E-state index contributed by atoms with van der Waals surface area (Å²) in [5.41, 5.74) is 6.58. The quantitative estimate of drug-likeness (QED) is 0.0458. The van der Waals surface area contributed by atoms with Crippen LogP contribution in [0.5, 0.6) is 6.01 Å². The highest BCUT2D eigenvalue weighted by molar-refractivity contribution is 7.59. The highest BCUT2D eigenvalue weighted by Crippen LogP contribution is 2.56. The van der Waals surface area contributed by atoms with E-state index < -0.39 is 89.8 Å². The van der Waals surface area contributed by atoms with Gasteiger partial charge in [0.1, 0.15) is 48.5 Å². The second-order valence-corrected chi connectivity index (χ2v) is 15.5. The molecule has 1 fully saturated rings. The third-order valence-corrected chi connectivity index (χ3v) is 11.1. The zero-order valence-corrected chi connectivity index (χ0v) is 30.6. The summed E-state index contributed by atoms with van der Waals surface area (Å²) in [5.74, 6) is -0.290. The molecular formula is C28H33N10O15P2-3. The zero-order chi connectivity index (χ0) is 40.1. The Morgan fingerprint density at radius 2 is 1.73 bits per heavy atom. The number of hydrogen-bond donors (Lipinski definition) is 6. The Labute approximate surface area is 308 Å². The summed E-state index contributed by atoms with van der Waals surface area (Å²) in [6.07, 6.45) is -10.4. The smallest absolute Gasteiger partial charge is 0.300 e. The number of anilines is 2. The van der Waals surface area contributed by atoms with Crippen molar-refractivity contribution in [1.29, 1.82) is 0 Å². The number of hydrogen-bond acceptors (Lipinski definition) is 23. The van der Waals surface area contributed by atoms with Crippen LogP contribution in [0.1, 0.15) is 11.8 Å². The monoisotopic (exact) mass is 811 g/mol. The third-order valence-electron chi connectivity index (χ3n) is 8.52. The Bertz CT molecular complexity index is 2350. The number of aromatic nitrogens is 8. The van der Waals surface area contributed by atoms with Gasteiger partial charge in [-0.15, -0.1) is 0 Å². The first kappa shape index (κ1) is 40.3. The lowest BCUT2D eigenvalue weighted by atomic mass is 10.1. The van der Waals surface area contributed by atoms with Crippen LogP contribution < -0.4 is 31.1 Å². The van der Waals surface area contributed by atoms with Crippen LogP contribution in [0.2, 0.25) is 0 Å². The van der Waals surface area contributed by atoms with Gasteiger partial charge in [-0.05, 0) is 24.6 Å². The third kappa shape index (κ3) is 8.29. The summed E-state index contributed by atoms with van der Waals surface area (Å²) in [6, 6.07) is 2.09. The predicted octanol–water partition coefficient (Wildman–Crippen LogP) is -4.15. The van der Waals surface area contributed by atoms with Crippen molar-refractivity contribution in [3.63, 3.8) is 0 Å². The number of nitrogen functional groups attached to an aromatic ring is 1. The molecule has 6 rings (SSSR count). The number of nitrogens with two attached hydrogens (primary N) is 1. The molecular weight excluding hydrogens is 778 g/mol. The Morgan fingerprint density at radius 1 is 1.02 bits per heavy atom. The number of nitrogens with zero attached hydrogens (tertiary/aromatic N) is 9. The fourth-order valence-electron chi connectivity index (χ4n) is 5.87. The largest absolute Gasteiger partial charge is 0.844 e. The highest BCUT2D eigenvalue weighted by Gasteiger charge is 2.45. The minimum Gasteiger partial charge on any atom is -0.844 e. The molecule has 0 bridgehead atoms. The second kappa shape index (κ2) is 15.3. The molecule has 3 aliphatic rings. The lowest BCUT2D eigenvalue weighted by Crippen LogP contribution is -2.42. The lowest BCUT2D eigenvalue weighted by molar-refractivity contribution is -0.282. The summed E-state index contributed by atoms with van der Waals surface area (Å²) in [7, 11) is -8.18. The summed E-state index contributed by atoms with van der Waals surface area (Å²) in [4.78, 5) is 62.2. The molecule has 2 aromatic heterocycles. The van der Waals surface area contributed by atoms with E-state index in [0.717, 1.165) is 11.9 Å². The van der Waals surface area contributed by atoms with Gasteiger partial charge in [0, 0.05) is 19.8 Å². The number of fused-ring (bicyclic) bond motifs is 3. The van der Waals surface area contributed by atoms with Crippen molar-refractivity contribution in [3.05, 3.63) is 40.7 Å². The van der Waals surface area contributed by atoms with Crippen molar-refractivity contribution >= 4 is 49.3 Å². The zero-order valence-electron chi connectivity index (χ0n) is 28.8. The van der Waals surface area contributed by atoms with Gasteiger partial charge in [0.05, 0.1) is 43.1 Å².